The molecule has 130 valence electrons. The number of nitrogens with two attached hydrogens (primary N) is 1. The molecule has 0 atom stereocenters. The van der Waals surface area contributed by atoms with Gasteiger partial charge in [-0.2, -0.15) is 0 Å². The fraction of sp³-hybridized carbons (Fsp3) is 0.158. The number of hydrogen-bond donors (Lipinski definition) is 2. The lowest BCUT2D eigenvalue weighted by atomic mass is 10.0. The van der Waals surface area contributed by atoms with Crippen LogP contribution >= 0.6 is 0 Å². The topological polar surface area (TPSA) is 107 Å². The van der Waals surface area contributed by atoms with Gasteiger partial charge in [0.25, 0.3) is 5.91 Å². The van der Waals surface area contributed by atoms with Crippen molar-refractivity contribution >= 4 is 27.8 Å². The number of carbonyl (C=O) groups excluding carboxylic acids is 1. The molecule has 4 aromatic rings. The van der Waals surface area contributed by atoms with Gasteiger partial charge in [0.2, 0.25) is 0 Å². The van der Waals surface area contributed by atoms with Crippen molar-refractivity contribution in [3.8, 4) is 11.4 Å². The lowest BCUT2D eigenvalue weighted by molar-refractivity contribution is 0.0997. The summed E-state index contributed by atoms with van der Waals surface area (Å²) in [6.45, 7) is 3.75. The molecule has 4 rings (SSSR count). The van der Waals surface area contributed by atoms with Gasteiger partial charge in [0.15, 0.2) is 17.2 Å². The quantitative estimate of drug-likeness (QED) is 0.594. The molecule has 2 aromatic carbocycles. The van der Waals surface area contributed by atoms with Gasteiger partial charge < -0.3 is 10.7 Å². The highest BCUT2D eigenvalue weighted by molar-refractivity contribution is 6.03. The number of primary amides is 1. The Kier molecular flexibility index (Phi) is 3.57. The van der Waals surface area contributed by atoms with Crippen molar-refractivity contribution in [1.82, 2.24) is 19.5 Å². The average Bonchev–Trinajstić information content (AvgIpc) is 2.96. The van der Waals surface area contributed by atoms with E-state index in [1.165, 1.54) is 4.57 Å². The van der Waals surface area contributed by atoms with Gasteiger partial charge in [-0.1, -0.05) is 42.5 Å². The lowest BCUT2D eigenvalue weighted by Crippen LogP contribution is -2.18. The number of imidazole rings is 1. The van der Waals surface area contributed by atoms with Gasteiger partial charge in [-0.3, -0.25) is 9.36 Å². The van der Waals surface area contributed by atoms with E-state index in [2.05, 4.69) is 15.0 Å². The minimum absolute atomic E-state index is 0.00874. The van der Waals surface area contributed by atoms with Gasteiger partial charge in [0.05, 0.1) is 0 Å². The van der Waals surface area contributed by atoms with E-state index >= 15 is 0 Å². The first-order chi connectivity index (χ1) is 12.5. The summed E-state index contributed by atoms with van der Waals surface area (Å²) < 4.78 is 1.50. The normalized spacial score (nSPS) is 11.5. The van der Waals surface area contributed by atoms with Gasteiger partial charge >= 0.3 is 5.69 Å². The summed E-state index contributed by atoms with van der Waals surface area (Å²) in [5.74, 6) is -0.354. The number of fused-ring (bicyclic) bond motifs is 2. The fourth-order valence-corrected chi connectivity index (χ4v) is 3.20. The summed E-state index contributed by atoms with van der Waals surface area (Å²) in [4.78, 5) is 35.9. The molecular formula is C19H17N5O2. The molecule has 0 radical (unpaired) electrons. The zero-order valence-electron chi connectivity index (χ0n) is 14.4. The Balaban J connectivity index is 2.12. The highest BCUT2D eigenvalue weighted by Crippen LogP contribution is 2.28. The SMILES string of the molecule is CC(C)n1c(=O)[nH]c2c(C(N)=O)nc(-c3cccc4ccccc34)nc21. The Bertz CT molecular complexity index is 1210. The van der Waals surface area contributed by atoms with E-state index in [-0.39, 0.29) is 22.9 Å². The molecular weight excluding hydrogens is 330 g/mol. The molecule has 2 heterocycles. The molecule has 7 nitrogen and oxygen atoms in total. The largest absolute Gasteiger partial charge is 0.364 e. The summed E-state index contributed by atoms with van der Waals surface area (Å²) in [6, 6.07) is 13.5. The molecule has 0 fully saturated rings. The van der Waals surface area contributed by atoms with Gasteiger partial charge in [0, 0.05) is 11.6 Å². The molecule has 0 unspecified atom stereocenters. The van der Waals surface area contributed by atoms with Crippen molar-refractivity contribution in [2.45, 2.75) is 19.9 Å². The van der Waals surface area contributed by atoms with Crippen molar-refractivity contribution in [3.63, 3.8) is 0 Å². The summed E-state index contributed by atoms with van der Waals surface area (Å²) in [5, 5.41) is 1.99. The highest BCUT2D eigenvalue weighted by atomic mass is 16.2. The first-order valence-electron chi connectivity index (χ1n) is 8.27. The fourth-order valence-electron chi connectivity index (χ4n) is 3.20. The van der Waals surface area contributed by atoms with Crippen LogP contribution in [-0.2, 0) is 0 Å². The number of hydrogen-bond acceptors (Lipinski definition) is 4. The molecule has 2 aromatic heterocycles. The van der Waals surface area contributed by atoms with Crippen LogP contribution in [0, 0.1) is 0 Å². The summed E-state index contributed by atoms with van der Waals surface area (Å²) in [7, 11) is 0. The minimum Gasteiger partial charge on any atom is -0.364 e. The van der Waals surface area contributed by atoms with Crippen molar-refractivity contribution < 1.29 is 4.79 Å². The van der Waals surface area contributed by atoms with E-state index in [1.54, 1.807) is 0 Å². The molecule has 0 aliphatic rings. The lowest BCUT2D eigenvalue weighted by Gasteiger charge is -2.10. The maximum atomic E-state index is 12.3. The number of H-pyrrole nitrogens is 1. The number of nitrogens with zero attached hydrogens (tertiary/aromatic N) is 3. The van der Waals surface area contributed by atoms with Crippen LogP contribution in [0.4, 0.5) is 0 Å². The van der Waals surface area contributed by atoms with E-state index < -0.39 is 5.91 Å². The Labute approximate surface area is 148 Å². The number of aromatic nitrogens is 4. The summed E-state index contributed by atoms with van der Waals surface area (Å²) in [5.41, 5.74) is 6.59. The molecule has 0 aliphatic carbocycles. The van der Waals surface area contributed by atoms with Gasteiger partial charge in [-0.25, -0.2) is 14.8 Å². The van der Waals surface area contributed by atoms with Crippen molar-refractivity contribution in [3.05, 3.63) is 58.6 Å². The predicted molar refractivity (Wildman–Crippen MR) is 100.0 cm³/mol. The van der Waals surface area contributed by atoms with Gasteiger partial charge in [0.1, 0.15) is 5.52 Å². The predicted octanol–water partition coefficient (Wildman–Crippen LogP) is 2.62. The second-order valence-electron chi connectivity index (χ2n) is 6.38. The van der Waals surface area contributed by atoms with Crippen LogP contribution in [0.2, 0.25) is 0 Å². The third kappa shape index (κ3) is 2.36. The van der Waals surface area contributed by atoms with Gasteiger partial charge in [-0.05, 0) is 24.6 Å². The van der Waals surface area contributed by atoms with Crippen LogP contribution in [0.15, 0.2) is 47.3 Å². The smallest absolute Gasteiger partial charge is 0.327 e. The Morgan fingerprint density at radius 3 is 2.58 bits per heavy atom. The summed E-state index contributed by atoms with van der Waals surface area (Å²) >= 11 is 0. The van der Waals surface area contributed by atoms with Gasteiger partial charge in [-0.15, -0.1) is 0 Å². The van der Waals surface area contributed by atoms with Crippen molar-refractivity contribution in [2.75, 3.05) is 0 Å². The van der Waals surface area contributed by atoms with E-state index in [4.69, 9.17) is 5.73 Å². The molecule has 7 heteroatoms. The number of aromatic amines is 1. The van der Waals surface area contributed by atoms with Crippen LogP contribution in [0.1, 0.15) is 30.4 Å². The van der Waals surface area contributed by atoms with Crippen molar-refractivity contribution in [2.24, 2.45) is 5.73 Å². The Morgan fingerprint density at radius 1 is 1.12 bits per heavy atom. The molecule has 0 aliphatic heterocycles. The average molecular weight is 347 g/mol. The number of nitrogens with one attached hydrogen (secondary N) is 1. The highest BCUT2D eigenvalue weighted by Gasteiger charge is 2.21. The maximum Gasteiger partial charge on any atom is 0.327 e. The number of carbonyl (C=O) groups is 1. The second-order valence-corrected chi connectivity index (χ2v) is 6.38. The standard InChI is InChI=1S/C19H17N5O2/c1-10(2)24-18-15(22-19(24)26)14(16(20)25)21-17(23-18)13-9-5-7-11-6-3-4-8-12(11)13/h3-10H,1-2H3,(H2,20,25)(H,22,26). The monoisotopic (exact) mass is 347 g/mol. The molecule has 26 heavy (non-hydrogen) atoms. The number of amides is 1. The maximum absolute atomic E-state index is 12.3. The summed E-state index contributed by atoms with van der Waals surface area (Å²) in [6.07, 6.45) is 0. The zero-order valence-corrected chi connectivity index (χ0v) is 14.4. The third-order valence-corrected chi connectivity index (χ3v) is 4.35. The van der Waals surface area contributed by atoms with E-state index in [9.17, 15) is 9.59 Å². The van der Waals surface area contributed by atoms with Crippen LogP contribution in [-0.4, -0.2) is 25.4 Å². The number of rotatable bonds is 3. The molecule has 1 amide bonds. The first-order valence-corrected chi connectivity index (χ1v) is 8.27. The Hall–Kier alpha value is -3.48. The third-order valence-electron chi connectivity index (χ3n) is 4.35. The minimum atomic E-state index is -0.712. The second kappa shape index (κ2) is 5.80. The van der Waals surface area contributed by atoms with E-state index in [0.717, 1.165) is 16.3 Å². The van der Waals surface area contributed by atoms with Crippen molar-refractivity contribution in [1.29, 1.82) is 0 Å². The van der Waals surface area contributed by atoms with E-state index in [1.807, 2.05) is 56.3 Å². The molecule has 0 saturated heterocycles. The number of benzene rings is 2. The van der Waals surface area contributed by atoms with Crippen LogP contribution in [0.25, 0.3) is 33.3 Å². The molecule has 0 spiro atoms. The molecule has 3 N–H and O–H groups in total. The zero-order chi connectivity index (χ0) is 18.4. The van der Waals surface area contributed by atoms with E-state index in [0.29, 0.717) is 11.5 Å². The van der Waals surface area contributed by atoms with Crippen LogP contribution in [0.3, 0.4) is 0 Å². The molecule has 0 bridgehead atoms. The Morgan fingerprint density at radius 2 is 1.85 bits per heavy atom. The van der Waals surface area contributed by atoms with Crippen LogP contribution in [0.5, 0.6) is 0 Å². The molecule has 0 saturated carbocycles. The van der Waals surface area contributed by atoms with Crippen LogP contribution < -0.4 is 11.4 Å². The first kappa shape index (κ1) is 16.0.